The summed E-state index contributed by atoms with van der Waals surface area (Å²) in [7, 11) is 0. The standard InChI is InChI=1S/C8H6Cl2O2/c1-4-6(9)2-5(8(11)12)3-7(4)10/h2-3H,1H3,(H,11,12). The SMILES string of the molecule is Cc1c(Cl)cc(C(=O)O)cc1Cl. The Morgan fingerprint density at radius 3 is 2.08 bits per heavy atom. The lowest BCUT2D eigenvalue weighted by atomic mass is 10.1. The molecule has 64 valence electrons. The van der Waals surface area contributed by atoms with Crippen LogP contribution in [0.15, 0.2) is 12.1 Å². The van der Waals surface area contributed by atoms with Crippen LogP contribution in [-0.2, 0) is 0 Å². The van der Waals surface area contributed by atoms with E-state index in [9.17, 15) is 4.79 Å². The van der Waals surface area contributed by atoms with Crippen molar-refractivity contribution in [1.82, 2.24) is 0 Å². The summed E-state index contributed by atoms with van der Waals surface area (Å²) in [6.07, 6.45) is 0. The zero-order valence-corrected chi connectivity index (χ0v) is 7.78. The first-order chi connectivity index (χ1) is 5.52. The third kappa shape index (κ3) is 1.71. The lowest BCUT2D eigenvalue weighted by Crippen LogP contribution is -1.96. The molecule has 0 aliphatic heterocycles. The molecule has 1 rings (SSSR count). The van der Waals surface area contributed by atoms with E-state index in [1.807, 2.05) is 0 Å². The minimum atomic E-state index is -1.03. The van der Waals surface area contributed by atoms with E-state index in [1.54, 1.807) is 6.92 Å². The quantitative estimate of drug-likeness (QED) is 0.764. The van der Waals surface area contributed by atoms with Crippen LogP contribution in [0.5, 0.6) is 0 Å². The van der Waals surface area contributed by atoms with Gasteiger partial charge in [-0.1, -0.05) is 23.2 Å². The van der Waals surface area contributed by atoms with Gasteiger partial charge in [-0.15, -0.1) is 0 Å². The highest BCUT2D eigenvalue weighted by Crippen LogP contribution is 2.25. The van der Waals surface area contributed by atoms with Gasteiger partial charge < -0.3 is 5.11 Å². The van der Waals surface area contributed by atoms with Gasteiger partial charge in [0.15, 0.2) is 0 Å². The summed E-state index contributed by atoms with van der Waals surface area (Å²) in [4.78, 5) is 10.5. The molecule has 0 unspecified atom stereocenters. The van der Waals surface area contributed by atoms with Crippen LogP contribution in [0.4, 0.5) is 0 Å². The number of carboxylic acid groups (broad SMARTS) is 1. The monoisotopic (exact) mass is 204 g/mol. The van der Waals surface area contributed by atoms with E-state index in [0.29, 0.717) is 15.6 Å². The average Bonchev–Trinajstić information content (AvgIpc) is 1.99. The van der Waals surface area contributed by atoms with Crippen LogP contribution in [0.1, 0.15) is 15.9 Å². The Balaban J connectivity index is 3.31. The molecule has 2 nitrogen and oxygen atoms in total. The van der Waals surface area contributed by atoms with Crippen molar-refractivity contribution in [2.75, 3.05) is 0 Å². The van der Waals surface area contributed by atoms with Crippen LogP contribution in [0.25, 0.3) is 0 Å². The molecule has 0 spiro atoms. The lowest BCUT2D eigenvalue weighted by molar-refractivity contribution is 0.0697. The van der Waals surface area contributed by atoms with E-state index in [-0.39, 0.29) is 5.56 Å². The molecule has 0 radical (unpaired) electrons. The van der Waals surface area contributed by atoms with Crippen molar-refractivity contribution in [3.05, 3.63) is 33.3 Å². The van der Waals surface area contributed by atoms with Crippen LogP contribution in [0.3, 0.4) is 0 Å². The zero-order valence-electron chi connectivity index (χ0n) is 6.27. The summed E-state index contributed by atoms with van der Waals surface area (Å²) in [5, 5.41) is 9.36. The Morgan fingerprint density at radius 1 is 1.33 bits per heavy atom. The minimum Gasteiger partial charge on any atom is -0.478 e. The Labute approximate surface area is 79.7 Å². The smallest absolute Gasteiger partial charge is 0.335 e. The van der Waals surface area contributed by atoms with Gasteiger partial charge in [0.1, 0.15) is 0 Å². The van der Waals surface area contributed by atoms with Gasteiger partial charge in [0.05, 0.1) is 5.56 Å². The second-order valence-electron chi connectivity index (χ2n) is 2.37. The number of carboxylic acids is 1. The summed E-state index contributed by atoms with van der Waals surface area (Å²) in [6, 6.07) is 2.76. The summed E-state index contributed by atoms with van der Waals surface area (Å²) < 4.78 is 0. The molecule has 1 aromatic carbocycles. The van der Waals surface area contributed by atoms with Crippen LogP contribution >= 0.6 is 23.2 Å². The molecule has 0 aliphatic carbocycles. The fourth-order valence-corrected chi connectivity index (χ4v) is 1.26. The first kappa shape index (κ1) is 9.36. The molecule has 1 N–H and O–H groups in total. The molecule has 0 aromatic heterocycles. The first-order valence-corrected chi connectivity index (χ1v) is 3.97. The summed E-state index contributed by atoms with van der Waals surface area (Å²) in [5.41, 5.74) is 0.805. The van der Waals surface area contributed by atoms with E-state index >= 15 is 0 Å². The third-order valence-corrected chi connectivity index (χ3v) is 2.31. The van der Waals surface area contributed by atoms with E-state index in [0.717, 1.165) is 0 Å². The molecular weight excluding hydrogens is 199 g/mol. The molecule has 4 heteroatoms. The molecule has 0 saturated carbocycles. The van der Waals surface area contributed by atoms with Crippen molar-refractivity contribution in [1.29, 1.82) is 0 Å². The number of hydrogen-bond acceptors (Lipinski definition) is 1. The fraction of sp³-hybridized carbons (Fsp3) is 0.125. The summed E-state index contributed by atoms with van der Waals surface area (Å²) >= 11 is 11.4. The largest absolute Gasteiger partial charge is 0.478 e. The highest BCUT2D eigenvalue weighted by Gasteiger charge is 2.08. The second kappa shape index (κ2) is 3.33. The predicted molar refractivity (Wildman–Crippen MR) is 48.2 cm³/mol. The van der Waals surface area contributed by atoms with E-state index in [1.165, 1.54) is 12.1 Å². The Kier molecular flexibility index (Phi) is 2.60. The molecule has 0 aliphatic rings. The van der Waals surface area contributed by atoms with Gasteiger partial charge in [0, 0.05) is 10.0 Å². The molecule has 1 aromatic rings. The van der Waals surface area contributed by atoms with E-state index in [2.05, 4.69) is 0 Å². The van der Waals surface area contributed by atoms with Gasteiger partial charge in [-0.2, -0.15) is 0 Å². The van der Waals surface area contributed by atoms with Crippen LogP contribution in [-0.4, -0.2) is 11.1 Å². The number of aromatic carboxylic acids is 1. The Bertz CT molecular complexity index is 311. The maximum absolute atomic E-state index is 10.5. The van der Waals surface area contributed by atoms with Crippen LogP contribution in [0.2, 0.25) is 10.0 Å². The summed E-state index contributed by atoms with van der Waals surface area (Å²) in [6.45, 7) is 1.73. The first-order valence-electron chi connectivity index (χ1n) is 3.21. The predicted octanol–water partition coefficient (Wildman–Crippen LogP) is 3.00. The second-order valence-corrected chi connectivity index (χ2v) is 3.18. The maximum Gasteiger partial charge on any atom is 0.335 e. The molecule has 0 atom stereocenters. The van der Waals surface area contributed by atoms with Crippen LogP contribution < -0.4 is 0 Å². The van der Waals surface area contributed by atoms with Crippen molar-refractivity contribution in [3.63, 3.8) is 0 Å². The van der Waals surface area contributed by atoms with Gasteiger partial charge in [-0.3, -0.25) is 0 Å². The number of carbonyl (C=O) groups is 1. The lowest BCUT2D eigenvalue weighted by Gasteiger charge is -2.02. The van der Waals surface area contributed by atoms with Gasteiger partial charge in [-0.25, -0.2) is 4.79 Å². The zero-order chi connectivity index (χ0) is 9.30. The van der Waals surface area contributed by atoms with Crippen molar-refractivity contribution >= 4 is 29.2 Å². The molecule has 0 fully saturated rings. The molecule has 12 heavy (non-hydrogen) atoms. The number of halogens is 2. The maximum atomic E-state index is 10.5. The molecule has 0 saturated heterocycles. The minimum absolute atomic E-state index is 0.107. The van der Waals surface area contributed by atoms with Crippen molar-refractivity contribution in [2.24, 2.45) is 0 Å². The topological polar surface area (TPSA) is 37.3 Å². The van der Waals surface area contributed by atoms with E-state index < -0.39 is 5.97 Å². The van der Waals surface area contributed by atoms with Crippen molar-refractivity contribution in [2.45, 2.75) is 6.92 Å². The Hall–Kier alpha value is -0.730. The molecule has 0 bridgehead atoms. The average molecular weight is 205 g/mol. The van der Waals surface area contributed by atoms with Gasteiger partial charge in [-0.05, 0) is 24.6 Å². The van der Waals surface area contributed by atoms with Gasteiger partial charge in [0.25, 0.3) is 0 Å². The van der Waals surface area contributed by atoms with Crippen molar-refractivity contribution in [3.8, 4) is 0 Å². The van der Waals surface area contributed by atoms with Crippen molar-refractivity contribution < 1.29 is 9.90 Å². The highest BCUT2D eigenvalue weighted by atomic mass is 35.5. The van der Waals surface area contributed by atoms with Gasteiger partial charge in [0.2, 0.25) is 0 Å². The van der Waals surface area contributed by atoms with Gasteiger partial charge >= 0.3 is 5.97 Å². The van der Waals surface area contributed by atoms with Crippen LogP contribution in [0, 0.1) is 6.92 Å². The number of hydrogen-bond donors (Lipinski definition) is 1. The molecule has 0 amide bonds. The Morgan fingerprint density at radius 2 is 1.75 bits per heavy atom. The van der Waals surface area contributed by atoms with E-state index in [4.69, 9.17) is 28.3 Å². The normalized spacial score (nSPS) is 9.92. The molecular formula is C8H6Cl2O2. The number of benzene rings is 1. The fourth-order valence-electron chi connectivity index (χ4n) is 0.769. The summed E-state index contributed by atoms with van der Waals surface area (Å²) in [5.74, 6) is -1.03. The molecule has 0 heterocycles. The third-order valence-electron chi connectivity index (χ3n) is 1.53. The number of rotatable bonds is 1. The highest BCUT2D eigenvalue weighted by molar-refractivity contribution is 6.36.